The van der Waals surface area contributed by atoms with E-state index < -0.39 is 47.0 Å². The van der Waals surface area contributed by atoms with E-state index in [1.165, 1.54) is 24.3 Å². The van der Waals surface area contributed by atoms with E-state index >= 15 is 0 Å². The van der Waals surface area contributed by atoms with Gasteiger partial charge in [-0.3, -0.25) is 9.59 Å². The molecule has 0 amide bonds. The number of hydrogen-bond acceptors (Lipinski definition) is 8. The second-order valence-corrected chi connectivity index (χ2v) is 11.7. The highest BCUT2D eigenvalue weighted by atomic mass is 32.3. The lowest BCUT2D eigenvalue weighted by molar-refractivity contribution is 0.101. The average molecular weight is 466 g/mol. The summed E-state index contributed by atoms with van der Waals surface area (Å²) < 4.78 is 51.3. The molecule has 1 saturated heterocycles. The van der Waals surface area contributed by atoms with Crippen LogP contribution in [0.1, 0.15) is 20.7 Å². The summed E-state index contributed by atoms with van der Waals surface area (Å²) in [6.07, 6.45) is 0. The van der Waals surface area contributed by atoms with Crippen molar-refractivity contribution < 1.29 is 26.4 Å². The summed E-state index contributed by atoms with van der Waals surface area (Å²) in [5.74, 6) is -2.97. The zero-order chi connectivity index (χ0) is 21.8. The van der Waals surface area contributed by atoms with Gasteiger partial charge < -0.3 is 5.32 Å². The molecule has 0 bridgehead atoms. The molecule has 0 aromatic heterocycles. The molecule has 1 fully saturated rings. The number of hydrogen-bond donors (Lipinski definition) is 1. The highest BCUT2D eigenvalue weighted by molar-refractivity contribution is 8.16. The molecular weight excluding hydrogens is 446 g/mol. The van der Waals surface area contributed by atoms with Crippen LogP contribution in [0.25, 0.3) is 0 Å². The molecule has 7 nitrogen and oxygen atoms in total. The van der Waals surface area contributed by atoms with Crippen LogP contribution in [0.15, 0.2) is 69.9 Å². The Morgan fingerprint density at radius 1 is 0.767 bits per heavy atom. The fourth-order valence-electron chi connectivity index (χ4n) is 2.87. The highest BCUT2D eigenvalue weighted by Gasteiger charge is 2.38. The van der Waals surface area contributed by atoms with Crippen molar-refractivity contribution in [1.82, 2.24) is 5.32 Å². The van der Waals surface area contributed by atoms with Crippen LogP contribution in [-0.2, 0) is 19.7 Å². The third kappa shape index (κ3) is 5.18. The Bertz CT molecular complexity index is 1090. The molecule has 10 heteroatoms. The molecule has 0 aliphatic carbocycles. The Hall–Kier alpha value is -2.43. The van der Waals surface area contributed by atoms with Gasteiger partial charge in [-0.25, -0.2) is 16.8 Å². The van der Waals surface area contributed by atoms with Crippen molar-refractivity contribution in [2.45, 2.75) is 0 Å². The minimum atomic E-state index is -4.53. The minimum Gasteiger partial charge on any atom is -0.377 e. The number of ketones is 2. The van der Waals surface area contributed by atoms with Gasteiger partial charge in [0.2, 0.25) is 0 Å². The number of Topliss-reactive ketones (excluding diaryl/α,β-unsaturated/α-hetero) is 2. The summed E-state index contributed by atoms with van der Waals surface area (Å²) in [5.41, 5.74) is 0.324. The Labute approximate surface area is 179 Å². The Kier molecular flexibility index (Phi) is 6.79. The topological polar surface area (TPSA) is 114 Å². The van der Waals surface area contributed by atoms with Crippen molar-refractivity contribution in [3.8, 4) is 0 Å². The van der Waals surface area contributed by atoms with Crippen LogP contribution in [0, 0.1) is 0 Å². The molecule has 1 aliphatic rings. The van der Waals surface area contributed by atoms with Crippen molar-refractivity contribution in [3.63, 3.8) is 0 Å². The number of rotatable bonds is 8. The quantitative estimate of drug-likeness (QED) is 0.589. The summed E-state index contributed by atoms with van der Waals surface area (Å²) in [7, 11) is -9.06. The minimum absolute atomic E-state index is 0.0447. The summed E-state index contributed by atoms with van der Waals surface area (Å²) in [5, 5.41) is 2.71. The van der Waals surface area contributed by atoms with Gasteiger partial charge in [-0.2, -0.15) is 0 Å². The Balaban J connectivity index is 1.96. The van der Waals surface area contributed by atoms with E-state index in [1.807, 2.05) is 0 Å². The smallest absolute Gasteiger partial charge is 0.199 e. The maximum absolute atomic E-state index is 13.0. The van der Waals surface area contributed by atoms with E-state index in [0.717, 1.165) is 11.8 Å². The lowest BCUT2D eigenvalue weighted by Gasteiger charge is -2.13. The first kappa shape index (κ1) is 22.3. The molecule has 0 radical (unpaired) electrons. The van der Waals surface area contributed by atoms with E-state index in [-0.39, 0.29) is 16.2 Å². The molecule has 1 aliphatic heterocycles. The third-order valence-electron chi connectivity index (χ3n) is 4.22. The van der Waals surface area contributed by atoms with Crippen LogP contribution in [0.5, 0.6) is 0 Å². The molecule has 0 saturated carbocycles. The maximum atomic E-state index is 13.0. The third-order valence-corrected chi connectivity index (χ3v) is 9.87. The summed E-state index contributed by atoms with van der Waals surface area (Å²) in [6, 6.07) is 15.5. The number of benzene rings is 2. The zero-order valence-corrected chi connectivity index (χ0v) is 18.2. The van der Waals surface area contributed by atoms with Gasteiger partial charge in [0.05, 0.1) is 5.03 Å². The average Bonchev–Trinajstić information content (AvgIpc) is 3.21. The van der Waals surface area contributed by atoms with E-state index in [0.29, 0.717) is 12.3 Å². The van der Waals surface area contributed by atoms with Gasteiger partial charge in [0.15, 0.2) is 35.5 Å². The normalized spacial score (nSPS) is 14.2. The van der Waals surface area contributed by atoms with Crippen LogP contribution >= 0.6 is 11.8 Å². The largest absolute Gasteiger partial charge is 0.377 e. The molecule has 1 heterocycles. The number of thioether (sulfide) groups is 1. The molecule has 0 atom stereocenters. The van der Waals surface area contributed by atoms with Gasteiger partial charge in [0.1, 0.15) is 11.5 Å². The summed E-state index contributed by atoms with van der Waals surface area (Å²) >= 11 is 1.04. The molecule has 0 unspecified atom stereocenters. The van der Waals surface area contributed by atoms with Crippen molar-refractivity contribution in [2.24, 2.45) is 0 Å². The molecule has 1 N–H and O–H groups in total. The standard InChI is InChI=1S/C20H19NO6S3/c22-17(15-7-3-1-4-8-15)13-29(24,25)20(19-21-11-12-28-19)30(26,27)14-18(23)16-9-5-2-6-10-16/h1-10,21H,11-14H2. The Morgan fingerprint density at radius 2 is 1.20 bits per heavy atom. The number of nitrogens with one attached hydrogen (secondary N) is 1. The van der Waals surface area contributed by atoms with Crippen LogP contribution in [0.4, 0.5) is 0 Å². The second kappa shape index (κ2) is 9.15. The first-order valence-corrected chi connectivity index (χ1v) is 13.2. The van der Waals surface area contributed by atoms with Crippen LogP contribution < -0.4 is 5.32 Å². The molecule has 2 aromatic carbocycles. The number of sulfone groups is 2. The van der Waals surface area contributed by atoms with Gasteiger partial charge in [-0.1, -0.05) is 60.7 Å². The van der Waals surface area contributed by atoms with Crippen LogP contribution in [-0.4, -0.2) is 52.2 Å². The van der Waals surface area contributed by atoms with E-state index in [2.05, 4.69) is 5.32 Å². The predicted octanol–water partition coefficient (Wildman–Crippen LogP) is 2.04. The number of carbonyl (C=O) groups excluding carboxylic acids is 2. The van der Waals surface area contributed by atoms with E-state index in [9.17, 15) is 26.4 Å². The lowest BCUT2D eigenvalue weighted by atomic mass is 10.2. The van der Waals surface area contributed by atoms with Crippen LogP contribution in [0.3, 0.4) is 0 Å². The van der Waals surface area contributed by atoms with Gasteiger partial charge in [-0.05, 0) is 0 Å². The molecule has 3 rings (SSSR count). The van der Waals surface area contributed by atoms with Crippen molar-refractivity contribution in [1.29, 1.82) is 0 Å². The lowest BCUT2D eigenvalue weighted by Crippen LogP contribution is -2.29. The van der Waals surface area contributed by atoms with Gasteiger partial charge >= 0.3 is 0 Å². The molecule has 2 aromatic rings. The predicted molar refractivity (Wildman–Crippen MR) is 117 cm³/mol. The monoisotopic (exact) mass is 465 g/mol. The SMILES string of the molecule is O=C(CS(=O)(=O)C(=C1NCCS1)S(=O)(=O)CC(=O)c1ccccc1)c1ccccc1. The van der Waals surface area contributed by atoms with Crippen molar-refractivity contribution >= 4 is 43.0 Å². The van der Waals surface area contributed by atoms with Gasteiger partial charge in [0, 0.05) is 23.4 Å². The van der Waals surface area contributed by atoms with Crippen molar-refractivity contribution in [2.75, 3.05) is 23.8 Å². The van der Waals surface area contributed by atoms with E-state index in [1.54, 1.807) is 36.4 Å². The number of carbonyl (C=O) groups is 2. The van der Waals surface area contributed by atoms with E-state index in [4.69, 9.17) is 0 Å². The maximum Gasteiger partial charge on any atom is 0.199 e. The Morgan fingerprint density at radius 3 is 1.57 bits per heavy atom. The molecule has 0 spiro atoms. The fraction of sp³-hybridized carbons (Fsp3) is 0.200. The second-order valence-electron chi connectivity index (χ2n) is 6.49. The first-order chi connectivity index (χ1) is 14.2. The van der Waals surface area contributed by atoms with Gasteiger partial charge in [0.25, 0.3) is 0 Å². The summed E-state index contributed by atoms with van der Waals surface area (Å²) in [6.45, 7) is 0.383. The zero-order valence-electron chi connectivity index (χ0n) is 15.8. The van der Waals surface area contributed by atoms with Crippen LogP contribution in [0.2, 0.25) is 0 Å². The molecule has 30 heavy (non-hydrogen) atoms. The van der Waals surface area contributed by atoms with Crippen molar-refractivity contribution in [3.05, 3.63) is 81.1 Å². The highest BCUT2D eigenvalue weighted by Crippen LogP contribution is 2.30. The first-order valence-electron chi connectivity index (χ1n) is 8.94. The molecular formula is C20H19NO6S3. The summed E-state index contributed by atoms with van der Waals surface area (Å²) in [4.78, 5) is 24.9. The van der Waals surface area contributed by atoms with Gasteiger partial charge in [-0.15, -0.1) is 11.8 Å². The molecule has 158 valence electrons. The fourth-order valence-corrected chi connectivity index (χ4v) is 8.61.